The molecule has 1 aromatic carbocycles. The van der Waals surface area contributed by atoms with Crippen molar-refractivity contribution in [2.24, 2.45) is 17.6 Å². The van der Waals surface area contributed by atoms with Crippen molar-refractivity contribution >= 4 is 29.1 Å². The van der Waals surface area contributed by atoms with Gasteiger partial charge in [0.1, 0.15) is 0 Å². The van der Waals surface area contributed by atoms with Crippen LogP contribution in [0.2, 0.25) is 5.02 Å². The smallest absolute Gasteiger partial charge is 0.253 e. The molecule has 4 N–H and O–H groups in total. The molecule has 6 heteroatoms. The summed E-state index contributed by atoms with van der Waals surface area (Å²) in [6, 6.07) is 4.98. The highest BCUT2D eigenvalue weighted by atomic mass is 35.5. The van der Waals surface area contributed by atoms with E-state index in [-0.39, 0.29) is 29.2 Å². The molecule has 1 aromatic rings. The number of carbonyl (C=O) groups is 2. The van der Waals surface area contributed by atoms with E-state index >= 15 is 0 Å². The van der Waals surface area contributed by atoms with Gasteiger partial charge in [0, 0.05) is 17.1 Å². The first-order chi connectivity index (χ1) is 11.8. The topological polar surface area (TPSA) is 84.2 Å². The van der Waals surface area contributed by atoms with E-state index in [1.807, 2.05) is 20.8 Å². The van der Waals surface area contributed by atoms with Gasteiger partial charge < -0.3 is 16.4 Å². The molecule has 0 unspecified atom stereocenters. The number of nitrogens with two attached hydrogens (primary N) is 1. The van der Waals surface area contributed by atoms with Gasteiger partial charge in [-0.2, -0.15) is 0 Å². The fraction of sp³-hybridized carbons (Fsp3) is 0.579. The normalized spacial score (nSPS) is 20.4. The average Bonchev–Trinajstić information content (AvgIpc) is 3.03. The summed E-state index contributed by atoms with van der Waals surface area (Å²) in [6.45, 7) is 6.47. The maximum absolute atomic E-state index is 12.5. The number of hydrogen-bond acceptors (Lipinski definition) is 3. The fourth-order valence-electron chi connectivity index (χ4n) is 3.14. The van der Waals surface area contributed by atoms with Crippen molar-refractivity contribution < 1.29 is 9.59 Å². The molecule has 0 saturated heterocycles. The monoisotopic (exact) mass is 365 g/mol. The Hall–Kier alpha value is -1.59. The van der Waals surface area contributed by atoms with Crippen LogP contribution in [0.1, 0.15) is 56.8 Å². The van der Waals surface area contributed by atoms with Crippen LogP contribution in [0.4, 0.5) is 5.69 Å². The van der Waals surface area contributed by atoms with Crippen LogP contribution in [0, 0.1) is 11.8 Å². The van der Waals surface area contributed by atoms with Crippen LogP contribution >= 0.6 is 11.6 Å². The molecule has 0 heterocycles. The maximum atomic E-state index is 12.5. The lowest BCUT2D eigenvalue weighted by molar-refractivity contribution is -0.120. The van der Waals surface area contributed by atoms with Crippen molar-refractivity contribution in [3.05, 3.63) is 28.8 Å². The Labute approximate surface area is 154 Å². The lowest BCUT2D eigenvalue weighted by atomic mass is 9.95. The van der Waals surface area contributed by atoms with E-state index < -0.39 is 0 Å². The van der Waals surface area contributed by atoms with Crippen molar-refractivity contribution in [3.8, 4) is 0 Å². The molecule has 1 saturated carbocycles. The molecule has 0 bridgehead atoms. The zero-order valence-corrected chi connectivity index (χ0v) is 16.0. The van der Waals surface area contributed by atoms with E-state index in [4.69, 9.17) is 17.3 Å². The number of amides is 2. The van der Waals surface area contributed by atoms with Crippen molar-refractivity contribution in [2.75, 3.05) is 11.9 Å². The molecule has 2 amide bonds. The molecular weight excluding hydrogens is 338 g/mol. The summed E-state index contributed by atoms with van der Waals surface area (Å²) in [6.07, 6.45) is 3.72. The predicted molar refractivity (Wildman–Crippen MR) is 102 cm³/mol. The molecule has 0 spiro atoms. The molecule has 1 aliphatic carbocycles. The van der Waals surface area contributed by atoms with Gasteiger partial charge in [-0.05, 0) is 63.8 Å². The number of halogens is 1. The fourth-order valence-corrected chi connectivity index (χ4v) is 3.41. The average molecular weight is 366 g/mol. The summed E-state index contributed by atoms with van der Waals surface area (Å²) < 4.78 is 0. The first kappa shape index (κ1) is 19.7. The largest absolute Gasteiger partial charge is 0.347 e. The molecule has 0 aromatic heterocycles. The second-order valence-corrected chi connectivity index (χ2v) is 7.82. The lowest BCUT2D eigenvalue weighted by Gasteiger charge is -2.24. The first-order valence-electron chi connectivity index (χ1n) is 8.90. The maximum Gasteiger partial charge on any atom is 0.253 e. The number of rotatable bonds is 6. The second kappa shape index (κ2) is 8.19. The zero-order chi connectivity index (χ0) is 18.6. The lowest BCUT2D eigenvalue weighted by Crippen LogP contribution is -2.42. The third kappa shape index (κ3) is 4.95. The predicted octanol–water partition coefficient (Wildman–Crippen LogP) is 3.57. The highest BCUT2D eigenvalue weighted by molar-refractivity contribution is 6.34. The number of benzene rings is 1. The highest BCUT2D eigenvalue weighted by Gasteiger charge is 2.32. The Morgan fingerprint density at radius 1 is 1.32 bits per heavy atom. The number of nitrogens with one attached hydrogen (secondary N) is 2. The molecule has 1 aliphatic rings. The SMILES string of the molecule is CCC(C)(C)NC(=O)c1ccc(NC(=O)[C@@H]2CCC[C@@H]2CN)cc1Cl. The summed E-state index contributed by atoms with van der Waals surface area (Å²) in [5.74, 6) is -0.0315. The van der Waals surface area contributed by atoms with Gasteiger partial charge in [0.05, 0.1) is 10.6 Å². The van der Waals surface area contributed by atoms with Gasteiger partial charge in [-0.15, -0.1) is 0 Å². The Bertz CT molecular complexity index is 646. The summed E-state index contributed by atoms with van der Waals surface area (Å²) in [7, 11) is 0. The summed E-state index contributed by atoms with van der Waals surface area (Å²) in [4.78, 5) is 24.8. The summed E-state index contributed by atoms with van der Waals surface area (Å²) in [5.41, 5.74) is 6.46. The van der Waals surface area contributed by atoms with Crippen molar-refractivity contribution in [1.29, 1.82) is 0 Å². The molecule has 5 nitrogen and oxygen atoms in total. The highest BCUT2D eigenvalue weighted by Crippen LogP contribution is 2.32. The van der Waals surface area contributed by atoms with Gasteiger partial charge in [-0.25, -0.2) is 0 Å². The zero-order valence-electron chi connectivity index (χ0n) is 15.2. The first-order valence-corrected chi connectivity index (χ1v) is 9.28. The minimum Gasteiger partial charge on any atom is -0.347 e. The minimum atomic E-state index is -0.299. The molecule has 1 fully saturated rings. The molecule has 0 aliphatic heterocycles. The van der Waals surface area contributed by atoms with Crippen LogP contribution in [-0.2, 0) is 4.79 Å². The van der Waals surface area contributed by atoms with Crippen molar-refractivity contribution in [2.45, 2.75) is 52.0 Å². The van der Waals surface area contributed by atoms with Gasteiger partial charge in [-0.1, -0.05) is 24.9 Å². The van der Waals surface area contributed by atoms with Crippen LogP contribution in [0.25, 0.3) is 0 Å². The van der Waals surface area contributed by atoms with E-state index in [0.29, 0.717) is 22.8 Å². The van der Waals surface area contributed by atoms with Gasteiger partial charge in [0.15, 0.2) is 0 Å². The van der Waals surface area contributed by atoms with Crippen molar-refractivity contribution in [1.82, 2.24) is 5.32 Å². The van der Waals surface area contributed by atoms with E-state index in [1.54, 1.807) is 18.2 Å². The third-order valence-corrected chi connectivity index (χ3v) is 5.43. The van der Waals surface area contributed by atoms with E-state index in [1.165, 1.54) is 0 Å². The second-order valence-electron chi connectivity index (χ2n) is 7.41. The number of carbonyl (C=O) groups excluding carboxylic acids is 2. The van der Waals surface area contributed by atoms with Gasteiger partial charge in [-0.3, -0.25) is 9.59 Å². The Kier molecular flexibility index (Phi) is 6.47. The summed E-state index contributed by atoms with van der Waals surface area (Å²) in [5, 5.41) is 6.18. The van der Waals surface area contributed by atoms with E-state index in [0.717, 1.165) is 25.7 Å². The molecular formula is C19H28ClN3O2. The van der Waals surface area contributed by atoms with Crippen LogP contribution in [-0.4, -0.2) is 23.9 Å². The van der Waals surface area contributed by atoms with Crippen LogP contribution < -0.4 is 16.4 Å². The van der Waals surface area contributed by atoms with Crippen LogP contribution in [0.5, 0.6) is 0 Å². The standard InChI is InChI=1S/C19H28ClN3O2/c1-4-19(2,3)23-18(25)15-9-8-13(10-16(15)20)22-17(24)14-7-5-6-12(14)11-21/h8-10,12,14H,4-7,11,21H2,1-3H3,(H,22,24)(H,23,25)/t12-,14-/m1/s1. The van der Waals surface area contributed by atoms with E-state index in [9.17, 15) is 9.59 Å². The number of hydrogen-bond donors (Lipinski definition) is 3. The van der Waals surface area contributed by atoms with Crippen molar-refractivity contribution in [3.63, 3.8) is 0 Å². The Balaban J connectivity index is 2.06. The van der Waals surface area contributed by atoms with Gasteiger partial charge in [0.25, 0.3) is 5.91 Å². The molecule has 25 heavy (non-hydrogen) atoms. The van der Waals surface area contributed by atoms with Gasteiger partial charge >= 0.3 is 0 Å². The van der Waals surface area contributed by atoms with E-state index in [2.05, 4.69) is 10.6 Å². The van der Waals surface area contributed by atoms with Crippen LogP contribution in [0.3, 0.4) is 0 Å². The molecule has 0 radical (unpaired) electrons. The minimum absolute atomic E-state index is 0.0201. The number of anilines is 1. The third-order valence-electron chi connectivity index (χ3n) is 5.12. The Morgan fingerprint density at radius 2 is 2.04 bits per heavy atom. The summed E-state index contributed by atoms with van der Waals surface area (Å²) >= 11 is 6.26. The molecule has 138 valence electrons. The van der Waals surface area contributed by atoms with Gasteiger partial charge in [0.2, 0.25) is 5.91 Å². The molecule has 2 rings (SSSR count). The quantitative estimate of drug-likeness (QED) is 0.720. The molecule has 2 atom stereocenters. The van der Waals surface area contributed by atoms with Crippen LogP contribution in [0.15, 0.2) is 18.2 Å². The Morgan fingerprint density at radius 3 is 2.64 bits per heavy atom.